The van der Waals surface area contributed by atoms with Gasteiger partial charge < -0.3 is 10.6 Å². The van der Waals surface area contributed by atoms with Crippen LogP contribution >= 0.6 is 11.6 Å². The molecule has 3 rings (SSSR count). The summed E-state index contributed by atoms with van der Waals surface area (Å²) in [5, 5.41) is 10.3. The van der Waals surface area contributed by atoms with Crippen molar-refractivity contribution in [1.29, 1.82) is 0 Å². The van der Waals surface area contributed by atoms with E-state index in [0.29, 0.717) is 16.3 Å². The van der Waals surface area contributed by atoms with Gasteiger partial charge in [0.15, 0.2) is 0 Å². The lowest BCUT2D eigenvalue weighted by atomic mass is 10.1. The third-order valence-electron chi connectivity index (χ3n) is 4.72. The van der Waals surface area contributed by atoms with Crippen LogP contribution in [0.4, 0.5) is 11.4 Å². The summed E-state index contributed by atoms with van der Waals surface area (Å²) in [4.78, 5) is 37.1. The summed E-state index contributed by atoms with van der Waals surface area (Å²) in [7, 11) is 0. The lowest BCUT2D eigenvalue weighted by molar-refractivity contribution is -0.117. The average molecular weight is 439 g/mol. The van der Waals surface area contributed by atoms with Crippen LogP contribution in [0.25, 0.3) is 11.3 Å². The van der Waals surface area contributed by atoms with Crippen LogP contribution in [0.3, 0.4) is 0 Å². The molecule has 7 nitrogen and oxygen atoms in total. The van der Waals surface area contributed by atoms with E-state index in [9.17, 15) is 14.4 Å². The van der Waals surface area contributed by atoms with Gasteiger partial charge in [-0.2, -0.15) is 5.10 Å². The zero-order valence-corrected chi connectivity index (χ0v) is 18.3. The number of carbonyl (C=O) groups is 2. The molecule has 0 saturated heterocycles. The maximum absolute atomic E-state index is 12.8. The van der Waals surface area contributed by atoms with Gasteiger partial charge >= 0.3 is 0 Å². The van der Waals surface area contributed by atoms with Crippen molar-refractivity contribution >= 4 is 34.8 Å². The smallest absolute Gasteiger partial charge is 0.291 e. The first-order valence-corrected chi connectivity index (χ1v) is 10.2. The third kappa shape index (κ3) is 5.38. The molecule has 0 fully saturated rings. The number of rotatable bonds is 6. The van der Waals surface area contributed by atoms with Gasteiger partial charge in [0.05, 0.1) is 5.69 Å². The molecule has 0 unspecified atom stereocenters. The number of para-hydroxylation sites is 1. The third-order valence-corrected chi connectivity index (χ3v) is 4.97. The molecule has 3 aromatic rings. The summed E-state index contributed by atoms with van der Waals surface area (Å²) in [6.07, 6.45) is 0.758. The Hall–Kier alpha value is -3.45. The number of halogens is 1. The Bertz CT molecular complexity index is 1190. The summed E-state index contributed by atoms with van der Waals surface area (Å²) >= 11 is 5.95. The Balaban J connectivity index is 1.97. The van der Waals surface area contributed by atoms with Gasteiger partial charge in [-0.15, -0.1) is 0 Å². The fraction of sp³-hybridized carbons (Fsp3) is 0.217. The van der Waals surface area contributed by atoms with Gasteiger partial charge in [0, 0.05) is 23.2 Å². The maximum Gasteiger partial charge on any atom is 0.291 e. The molecule has 160 valence electrons. The molecule has 0 radical (unpaired) electrons. The zero-order valence-electron chi connectivity index (χ0n) is 17.5. The maximum atomic E-state index is 12.8. The van der Waals surface area contributed by atoms with E-state index in [1.807, 2.05) is 32.0 Å². The number of nitrogens with one attached hydrogen (secondary N) is 2. The van der Waals surface area contributed by atoms with Crippen molar-refractivity contribution in [3.05, 3.63) is 75.0 Å². The van der Waals surface area contributed by atoms with E-state index in [-0.39, 0.29) is 18.1 Å². The number of aromatic nitrogens is 2. The van der Waals surface area contributed by atoms with Crippen LogP contribution < -0.4 is 16.2 Å². The molecule has 0 aliphatic rings. The van der Waals surface area contributed by atoms with Crippen LogP contribution in [0.2, 0.25) is 5.02 Å². The van der Waals surface area contributed by atoms with Crippen molar-refractivity contribution in [3.8, 4) is 11.3 Å². The van der Waals surface area contributed by atoms with Crippen molar-refractivity contribution in [2.24, 2.45) is 0 Å². The molecule has 1 aromatic heterocycles. The predicted molar refractivity (Wildman–Crippen MR) is 122 cm³/mol. The van der Waals surface area contributed by atoms with E-state index in [2.05, 4.69) is 15.7 Å². The highest BCUT2D eigenvalue weighted by atomic mass is 35.5. The minimum Gasteiger partial charge on any atom is -0.324 e. The predicted octanol–water partition coefficient (Wildman–Crippen LogP) is 4.03. The van der Waals surface area contributed by atoms with Gasteiger partial charge in [-0.05, 0) is 42.7 Å². The van der Waals surface area contributed by atoms with Gasteiger partial charge in [-0.1, -0.05) is 48.9 Å². The second-order valence-electron chi connectivity index (χ2n) is 7.10. The first-order chi connectivity index (χ1) is 14.8. The highest BCUT2D eigenvalue weighted by molar-refractivity contribution is 6.30. The standard InChI is InChI=1S/C23H23ClN4O3/c1-4-16-7-5-6-14(2)22(16)26-21(30)13-28-23(31)20(25-15(3)29)12-19(27-28)17-8-10-18(24)11-9-17/h5-12H,4,13H2,1-3H3,(H,25,29)(H,26,30). The first-order valence-electron chi connectivity index (χ1n) is 9.82. The van der Waals surface area contributed by atoms with E-state index in [1.165, 1.54) is 13.0 Å². The van der Waals surface area contributed by atoms with Crippen LogP contribution in [-0.4, -0.2) is 21.6 Å². The Morgan fingerprint density at radius 1 is 1.10 bits per heavy atom. The molecule has 0 saturated carbocycles. The number of benzene rings is 2. The molecule has 0 aliphatic carbocycles. The summed E-state index contributed by atoms with van der Waals surface area (Å²) < 4.78 is 1.05. The molecule has 2 N–H and O–H groups in total. The van der Waals surface area contributed by atoms with Crippen LogP contribution in [-0.2, 0) is 22.6 Å². The van der Waals surface area contributed by atoms with E-state index < -0.39 is 11.5 Å². The van der Waals surface area contributed by atoms with Crippen molar-refractivity contribution in [2.45, 2.75) is 33.7 Å². The highest BCUT2D eigenvalue weighted by Crippen LogP contribution is 2.22. The summed E-state index contributed by atoms with van der Waals surface area (Å²) in [6.45, 7) is 4.93. The SMILES string of the molecule is CCc1cccc(C)c1NC(=O)Cn1nc(-c2ccc(Cl)cc2)cc(NC(C)=O)c1=O. The van der Waals surface area contributed by atoms with Gasteiger partial charge in [0.2, 0.25) is 11.8 Å². The summed E-state index contributed by atoms with van der Waals surface area (Å²) in [5.41, 5.74) is 3.27. The molecule has 8 heteroatoms. The van der Waals surface area contributed by atoms with E-state index in [0.717, 1.165) is 27.9 Å². The average Bonchev–Trinajstić information content (AvgIpc) is 2.72. The molecular formula is C23H23ClN4O3. The van der Waals surface area contributed by atoms with Crippen molar-refractivity contribution < 1.29 is 9.59 Å². The molecule has 1 heterocycles. The number of hydrogen-bond donors (Lipinski definition) is 2. The number of anilines is 2. The second kappa shape index (κ2) is 9.57. The van der Waals surface area contributed by atoms with Crippen molar-refractivity contribution in [1.82, 2.24) is 9.78 Å². The normalized spacial score (nSPS) is 10.6. The van der Waals surface area contributed by atoms with Crippen LogP contribution in [0.5, 0.6) is 0 Å². The van der Waals surface area contributed by atoms with Crippen molar-refractivity contribution in [3.63, 3.8) is 0 Å². The fourth-order valence-corrected chi connectivity index (χ4v) is 3.33. The monoisotopic (exact) mass is 438 g/mol. The molecule has 31 heavy (non-hydrogen) atoms. The molecular weight excluding hydrogens is 416 g/mol. The number of aryl methyl sites for hydroxylation is 2. The summed E-state index contributed by atoms with van der Waals surface area (Å²) in [6, 6.07) is 14.2. The van der Waals surface area contributed by atoms with Crippen molar-refractivity contribution in [2.75, 3.05) is 10.6 Å². The van der Waals surface area contributed by atoms with E-state index in [4.69, 9.17) is 11.6 Å². The Labute approximate surface area is 185 Å². The van der Waals surface area contributed by atoms with Gasteiger partial charge in [-0.3, -0.25) is 14.4 Å². The molecule has 0 bridgehead atoms. The first kappa shape index (κ1) is 22.2. The highest BCUT2D eigenvalue weighted by Gasteiger charge is 2.15. The largest absolute Gasteiger partial charge is 0.324 e. The lowest BCUT2D eigenvalue weighted by Crippen LogP contribution is -2.32. The molecule has 2 amide bonds. The quantitative estimate of drug-likeness (QED) is 0.607. The minimum atomic E-state index is -0.566. The van der Waals surface area contributed by atoms with E-state index >= 15 is 0 Å². The molecule has 0 spiro atoms. The topological polar surface area (TPSA) is 93.1 Å². The fourth-order valence-electron chi connectivity index (χ4n) is 3.21. The van der Waals surface area contributed by atoms with Gasteiger partial charge in [0.25, 0.3) is 5.56 Å². The Morgan fingerprint density at radius 2 is 1.81 bits per heavy atom. The number of amides is 2. The molecule has 0 atom stereocenters. The second-order valence-corrected chi connectivity index (χ2v) is 7.54. The zero-order chi connectivity index (χ0) is 22.5. The van der Waals surface area contributed by atoms with Gasteiger partial charge in [-0.25, -0.2) is 4.68 Å². The number of hydrogen-bond acceptors (Lipinski definition) is 4. The van der Waals surface area contributed by atoms with E-state index in [1.54, 1.807) is 24.3 Å². The molecule has 0 aliphatic heterocycles. The summed E-state index contributed by atoms with van der Waals surface area (Å²) in [5.74, 6) is -0.783. The Morgan fingerprint density at radius 3 is 2.45 bits per heavy atom. The minimum absolute atomic E-state index is 0.0467. The van der Waals surface area contributed by atoms with Gasteiger partial charge in [0.1, 0.15) is 12.2 Å². The number of nitrogens with zero attached hydrogens (tertiary/aromatic N) is 2. The van der Waals surface area contributed by atoms with Crippen LogP contribution in [0, 0.1) is 6.92 Å². The van der Waals surface area contributed by atoms with Crippen LogP contribution in [0.15, 0.2) is 53.3 Å². The molecule has 2 aromatic carbocycles. The lowest BCUT2D eigenvalue weighted by Gasteiger charge is -2.14. The Kier molecular flexibility index (Phi) is 6.87. The number of carbonyl (C=O) groups excluding carboxylic acids is 2. The van der Waals surface area contributed by atoms with Crippen LogP contribution in [0.1, 0.15) is 25.0 Å².